The monoisotopic (exact) mass is 419 g/mol. The largest absolute Gasteiger partial charge is 0.483 e. The van der Waals surface area contributed by atoms with Crippen LogP contribution in [-0.4, -0.2) is 12.5 Å². The van der Waals surface area contributed by atoms with E-state index in [9.17, 15) is 4.79 Å². The predicted molar refractivity (Wildman–Crippen MR) is 106 cm³/mol. The second kappa shape index (κ2) is 8.50. The Balaban J connectivity index is 2.10. The normalized spacial score (nSPS) is 10.9. The van der Waals surface area contributed by atoms with Crippen molar-refractivity contribution in [3.63, 3.8) is 0 Å². The van der Waals surface area contributed by atoms with E-state index < -0.39 is 0 Å². The van der Waals surface area contributed by atoms with Gasteiger partial charge in [-0.1, -0.05) is 60.3 Å². The van der Waals surface area contributed by atoms with Gasteiger partial charge in [0.05, 0.1) is 20.8 Å². The van der Waals surface area contributed by atoms with Gasteiger partial charge in [0.2, 0.25) is 0 Å². The second-order valence-electron chi connectivity index (χ2n) is 5.88. The molecule has 0 spiro atoms. The molecule has 0 radical (unpaired) electrons. The van der Waals surface area contributed by atoms with E-state index in [1.807, 2.05) is 32.9 Å². The maximum absolute atomic E-state index is 12.2. The van der Waals surface area contributed by atoms with E-state index in [2.05, 4.69) is 5.32 Å². The Labute approximate surface area is 167 Å². The van der Waals surface area contributed by atoms with E-state index >= 15 is 0 Å². The smallest absolute Gasteiger partial charge is 0.262 e. The predicted octanol–water partition coefficient (Wildman–Crippen LogP) is 6.75. The summed E-state index contributed by atoms with van der Waals surface area (Å²) in [6, 6.07) is 6.67. The van der Waals surface area contributed by atoms with Gasteiger partial charge in [-0.25, -0.2) is 0 Å². The lowest BCUT2D eigenvalue weighted by molar-refractivity contribution is -0.118. The minimum absolute atomic E-state index is 0.169. The number of aryl methyl sites for hydroxylation is 1. The van der Waals surface area contributed by atoms with E-state index in [1.165, 1.54) is 12.1 Å². The van der Waals surface area contributed by atoms with E-state index in [-0.39, 0.29) is 18.4 Å². The number of rotatable bonds is 5. The molecule has 0 saturated heterocycles. The first-order valence-corrected chi connectivity index (χ1v) is 9.07. The summed E-state index contributed by atoms with van der Waals surface area (Å²) in [5.74, 6) is 0.482. The Bertz CT molecular complexity index is 806. The van der Waals surface area contributed by atoms with Crippen LogP contribution in [0.1, 0.15) is 30.9 Å². The molecule has 3 nitrogen and oxygen atoms in total. The second-order valence-corrected chi connectivity index (χ2v) is 7.51. The highest BCUT2D eigenvalue weighted by molar-refractivity contribution is 6.44. The van der Waals surface area contributed by atoms with Gasteiger partial charge in [-0.15, -0.1) is 0 Å². The minimum atomic E-state index is -0.359. The van der Waals surface area contributed by atoms with Crippen LogP contribution in [0.2, 0.25) is 20.1 Å². The van der Waals surface area contributed by atoms with Crippen molar-refractivity contribution in [2.45, 2.75) is 26.7 Å². The Kier molecular flexibility index (Phi) is 6.86. The SMILES string of the molecule is Cc1cc(OCC(=O)Nc2cc(Cl)c(Cl)cc2Cl)c(C(C)C)cc1Cl. The van der Waals surface area contributed by atoms with Crippen LogP contribution in [0.3, 0.4) is 0 Å². The summed E-state index contributed by atoms with van der Waals surface area (Å²) < 4.78 is 5.69. The van der Waals surface area contributed by atoms with Crippen LogP contribution in [0, 0.1) is 6.92 Å². The molecule has 0 unspecified atom stereocenters. The summed E-state index contributed by atoms with van der Waals surface area (Å²) >= 11 is 24.0. The molecule has 2 aromatic carbocycles. The van der Waals surface area contributed by atoms with E-state index in [0.717, 1.165) is 11.1 Å². The highest BCUT2D eigenvalue weighted by atomic mass is 35.5. The first-order valence-electron chi connectivity index (χ1n) is 7.56. The molecule has 2 aromatic rings. The first kappa shape index (κ1) is 20.2. The third-order valence-electron chi connectivity index (χ3n) is 3.56. The number of anilines is 1. The third kappa shape index (κ3) is 5.18. The number of hydrogen-bond acceptors (Lipinski definition) is 2. The Morgan fingerprint density at radius 3 is 2.28 bits per heavy atom. The van der Waals surface area contributed by atoms with Gasteiger partial charge in [0.25, 0.3) is 5.91 Å². The molecule has 7 heteroatoms. The number of nitrogens with one attached hydrogen (secondary N) is 1. The molecule has 0 aliphatic carbocycles. The van der Waals surface area contributed by atoms with Crippen molar-refractivity contribution < 1.29 is 9.53 Å². The molecule has 134 valence electrons. The molecule has 0 fully saturated rings. The molecule has 0 saturated carbocycles. The number of carbonyl (C=O) groups excluding carboxylic acids is 1. The summed E-state index contributed by atoms with van der Waals surface area (Å²) in [6.07, 6.45) is 0. The molecule has 0 aliphatic heterocycles. The third-order valence-corrected chi connectivity index (χ3v) is 5.00. The van der Waals surface area contributed by atoms with Crippen LogP contribution in [-0.2, 0) is 4.79 Å². The number of amides is 1. The van der Waals surface area contributed by atoms with Crippen molar-refractivity contribution >= 4 is 58.0 Å². The number of hydrogen-bond donors (Lipinski definition) is 1. The Hall–Kier alpha value is -1.13. The van der Waals surface area contributed by atoms with Crippen LogP contribution in [0.5, 0.6) is 5.75 Å². The fourth-order valence-corrected chi connectivity index (χ4v) is 2.96. The zero-order valence-corrected chi connectivity index (χ0v) is 16.9. The first-order chi connectivity index (χ1) is 11.7. The summed E-state index contributed by atoms with van der Waals surface area (Å²) in [5, 5.41) is 4.25. The highest BCUT2D eigenvalue weighted by Gasteiger charge is 2.14. The van der Waals surface area contributed by atoms with E-state index in [0.29, 0.717) is 31.5 Å². The molecule has 0 atom stereocenters. The summed E-state index contributed by atoms with van der Waals surface area (Å²) in [7, 11) is 0. The summed E-state index contributed by atoms with van der Waals surface area (Å²) in [4.78, 5) is 12.2. The zero-order chi connectivity index (χ0) is 18.7. The van der Waals surface area contributed by atoms with Crippen molar-refractivity contribution in [2.24, 2.45) is 0 Å². The minimum Gasteiger partial charge on any atom is -0.483 e. The van der Waals surface area contributed by atoms with Crippen molar-refractivity contribution in [2.75, 3.05) is 11.9 Å². The standard InChI is InChI=1S/C18H17Cl4NO2/c1-9(2)11-5-12(19)10(3)4-17(11)25-8-18(24)23-16-7-14(21)13(20)6-15(16)22/h4-7,9H,8H2,1-3H3,(H,23,24). The molecule has 2 rings (SSSR count). The van der Waals surface area contributed by atoms with Gasteiger partial charge in [-0.2, -0.15) is 0 Å². The fraction of sp³-hybridized carbons (Fsp3) is 0.278. The Morgan fingerprint density at radius 2 is 1.64 bits per heavy atom. The van der Waals surface area contributed by atoms with Crippen molar-refractivity contribution in [1.82, 2.24) is 0 Å². The van der Waals surface area contributed by atoms with Crippen LogP contribution in [0.15, 0.2) is 24.3 Å². The number of benzene rings is 2. The van der Waals surface area contributed by atoms with Gasteiger partial charge in [0, 0.05) is 5.02 Å². The number of halogens is 4. The molecule has 25 heavy (non-hydrogen) atoms. The average molecular weight is 421 g/mol. The average Bonchev–Trinajstić information content (AvgIpc) is 2.53. The van der Waals surface area contributed by atoms with Gasteiger partial charge in [0.1, 0.15) is 5.75 Å². The van der Waals surface area contributed by atoms with Crippen LogP contribution in [0.25, 0.3) is 0 Å². The summed E-state index contributed by atoms with van der Waals surface area (Å²) in [6.45, 7) is 5.78. The van der Waals surface area contributed by atoms with Gasteiger partial charge in [0.15, 0.2) is 6.61 Å². The lowest BCUT2D eigenvalue weighted by Gasteiger charge is -2.16. The molecule has 0 bridgehead atoms. The number of carbonyl (C=O) groups is 1. The van der Waals surface area contributed by atoms with E-state index in [4.69, 9.17) is 51.1 Å². The highest BCUT2D eigenvalue weighted by Crippen LogP contribution is 2.33. The zero-order valence-electron chi connectivity index (χ0n) is 13.9. The van der Waals surface area contributed by atoms with Crippen LogP contribution in [0.4, 0.5) is 5.69 Å². The Morgan fingerprint density at radius 1 is 1.00 bits per heavy atom. The molecule has 1 amide bonds. The molecular formula is C18H17Cl4NO2. The number of ether oxygens (including phenoxy) is 1. The van der Waals surface area contributed by atoms with Gasteiger partial charge in [-0.05, 0) is 48.2 Å². The lowest BCUT2D eigenvalue weighted by atomic mass is 10.0. The van der Waals surface area contributed by atoms with Crippen molar-refractivity contribution in [3.8, 4) is 5.75 Å². The van der Waals surface area contributed by atoms with Gasteiger partial charge < -0.3 is 10.1 Å². The van der Waals surface area contributed by atoms with Gasteiger partial charge in [-0.3, -0.25) is 4.79 Å². The quantitative estimate of drug-likeness (QED) is 0.543. The van der Waals surface area contributed by atoms with Crippen LogP contribution >= 0.6 is 46.4 Å². The lowest BCUT2D eigenvalue weighted by Crippen LogP contribution is -2.21. The van der Waals surface area contributed by atoms with Crippen LogP contribution < -0.4 is 10.1 Å². The molecular weight excluding hydrogens is 404 g/mol. The van der Waals surface area contributed by atoms with E-state index in [1.54, 1.807) is 0 Å². The van der Waals surface area contributed by atoms with Gasteiger partial charge >= 0.3 is 0 Å². The molecule has 1 N–H and O–H groups in total. The topological polar surface area (TPSA) is 38.3 Å². The molecule has 0 aliphatic rings. The van der Waals surface area contributed by atoms with Crippen molar-refractivity contribution in [3.05, 3.63) is 55.5 Å². The molecule has 0 aromatic heterocycles. The molecule has 0 heterocycles. The van der Waals surface area contributed by atoms with Crippen molar-refractivity contribution in [1.29, 1.82) is 0 Å². The summed E-state index contributed by atoms with van der Waals surface area (Å²) in [5.41, 5.74) is 2.20. The maximum Gasteiger partial charge on any atom is 0.262 e. The maximum atomic E-state index is 12.2. The fourth-order valence-electron chi connectivity index (χ4n) is 2.19.